The second-order valence-corrected chi connectivity index (χ2v) is 10.4. The Morgan fingerprint density at radius 3 is 2.36 bits per heavy atom. The summed E-state index contributed by atoms with van der Waals surface area (Å²) >= 11 is 0. The predicted octanol–water partition coefficient (Wildman–Crippen LogP) is 4.44. The van der Waals surface area contributed by atoms with Crippen molar-refractivity contribution in [1.82, 2.24) is 19.3 Å². The molecule has 1 aromatic carbocycles. The molecule has 0 spiro atoms. The lowest BCUT2D eigenvalue weighted by molar-refractivity contribution is -0.145. The second-order valence-electron chi connectivity index (χ2n) is 8.54. The van der Waals surface area contributed by atoms with Crippen molar-refractivity contribution < 1.29 is 30.8 Å². The maximum Gasteiger partial charge on any atom is 0.451 e. The van der Waals surface area contributed by atoms with Crippen LogP contribution >= 0.6 is 0 Å². The van der Waals surface area contributed by atoms with E-state index >= 15 is 0 Å². The molecule has 0 bridgehead atoms. The first-order valence-electron chi connectivity index (χ1n) is 11.1. The molecule has 3 aromatic rings. The van der Waals surface area contributed by atoms with E-state index in [4.69, 9.17) is 0 Å². The smallest absolute Gasteiger partial charge is 0.298 e. The third-order valence-corrected chi connectivity index (χ3v) is 8.08. The van der Waals surface area contributed by atoms with Crippen molar-refractivity contribution in [3.05, 3.63) is 72.2 Å². The van der Waals surface area contributed by atoms with Crippen LogP contribution in [-0.4, -0.2) is 45.5 Å². The number of sulfonamides is 1. The van der Waals surface area contributed by atoms with Crippen LogP contribution in [0.3, 0.4) is 0 Å². The molecule has 12 heteroatoms. The van der Waals surface area contributed by atoms with E-state index in [1.54, 1.807) is 19.1 Å². The fourth-order valence-electron chi connectivity index (χ4n) is 4.22. The summed E-state index contributed by atoms with van der Waals surface area (Å²) in [6.45, 7) is 1.73. The number of halogens is 4. The zero-order chi connectivity index (χ0) is 26.1. The zero-order valence-corrected chi connectivity index (χ0v) is 19.9. The third-order valence-electron chi connectivity index (χ3n) is 6.05. The Kier molecular flexibility index (Phi) is 7.19. The van der Waals surface area contributed by atoms with Crippen LogP contribution in [0.2, 0.25) is 0 Å². The number of aryl methyl sites for hydroxylation is 1. The molecule has 0 N–H and O–H groups in total. The molecule has 2 atom stereocenters. The molecule has 1 aliphatic heterocycles. The van der Waals surface area contributed by atoms with E-state index in [-0.39, 0.29) is 35.1 Å². The Hall–Kier alpha value is -3.25. The van der Waals surface area contributed by atoms with Crippen molar-refractivity contribution in [2.45, 2.75) is 55.8 Å². The van der Waals surface area contributed by atoms with Gasteiger partial charge in [0.1, 0.15) is 5.82 Å². The lowest BCUT2D eigenvalue weighted by atomic mass is 10.0. The summed E-state index contributed by atoms with van der Waals surface area (Å²) in [5.74, 6) is -2.06. The molecule has 3 heterocycles. The highest BCUT2D eigenvalue weighted by molar-refractivity contribution is 7.89. The highest BCUT2D eigenvalue weighted by Gasteiger charge is 2.43. The van der Waals surface area contributed by atoms with Gasteiger partial charge < -0.3 is 0 Å². The number of benzene rings is 1. The number of hydrogen-bond donors (Lipinski definition) is 0. The Morgan fingerprint density at radius 2 is 1.72 bits per heavy atom. The monoisotopic (exact) mass is 522 g/mol. The van der Waals surface area contributed by atoms with E-state index in [1.807, 2.05) is 0 Å². The first kappa shape index (κ1) is 25.8. The predicted molar refractivity (Wildman–Crippen MR) is 122 cm³/mol. The van der Waals surface area contributed by atoms with E-state index < -0.39 is 33.9 Å². The minimum absolute atomic E-state index is 0.0553. The van der Waals surface area contributed by atoms with E-state index in [1.165, 1.54) is 22.6 Å². The van der Waals surface area contributed by atoms with Crippen LogP contribution in [0.15, 0.2) is 59.9 Å². The third kappa shape index (κ3) is 5.44. The lowest BCUT2D eigenvalue weighted by Crippen LogP contribution is -2.44. The Morgan fingerprint density at radius 1 is 1.06 bits per heavy atom. The number of alkyl halides is 3. The molecule has 190 valence electrons. The lowest BCUT2D eigenvalue weighted by Gasteiger charge is -2.27. The van der Waals surface area contributed by atoms with Gasteiger partial charge in [-0.3, -0.25) is 9.78 Å². The average Bonchev–Trinajstić information content (AvgIpc) is 3.25. The molecule has 1 aliphatic rings. The number of pyridine rings is 1. The number of aromatic nitrogens is 3. The quantitative estimate of drug-likeness (QED) is 0.426. The normalized spacial score (nSPS) is 18.9. The SMILES string of the molecule is C[C@H]1CC[C@@H](C(=O)CCc2ccnc(-c3cnc(C(F)(F)F)nc3)c2)N1S(=O)(=O)c1ccc(F)cc1. The molecule has 0 radical (unpaired) electrons. The van der Waals surface area contributed by atoms with Crippen LogP contribution in [0.1, 0.15) is 37.6 Å². The number of rotatable bonds is 7. The van der Waals surface area contributed by atoms with Gasteiger partial charge in [-0.05, 0) is 68.1 Å². The van der Waals surface area contributed by atoms with E-state index in [0.717, 1.165) is 24.5 Å². The van der Waals surface area contributed by atoms with Crippen molar-refractivity contribution in [1.29, 1.82) is 0 Å². The molecular formula is C24H22F4N4O3S. The number of nitrogens with zero attached hydrogens (tertiary/aromatic N) is 4. The molecule has 36 heavy (non-hydrogen) atoms. The van der Waals surface area contributed by atoms with Gasteiger partial charge in [-0.1, -0.05) is 0 Å². The van der Waals surface area contributed by atoms with Crippen LogP contribution in [-0.2, 0) is 27.4 Å². The summed E-state index contributed by atoms with van der Waals surface area (Å²) in [5.41, 5.74) is 1.34. The van der Waals surface area contributed by atoms with Gasteiger partial charge in [0, 0.05) is 36.6 Å². The largest absolute Gasteiger partial charge is 0.451 e. The zero-order valence-electron chi connectivity index (χ0n) is 19.1. The molecule has 0 saturated carbocycles. The van der Waals surface area contributed by atoms with Gasteiger partial charge in [0.15, 0.2) is 5.78 Å². The second kappa shape index (κ2) is 10.0. The van der Waals surface area contributed by atoms with Gasteiger partial charge in [0.05, 0.1) is 16.6 Å². The van der Waals surface area contributed by atoms with Gasteiger partial charge >= 0.3 is 6.18 Å². The van der Waals surface area contributed by atoms with E-state index in [0.29, 0.717) is 24.1 Å². The van der Waals surface area contributed by atoms with Crippen molar-refractivity contribution in [3.8, 4) is 11.3 Å². The summed E-state index contributed by atoms with van der Waals surface area (Å²) in [4.78, 5) is 23.8. The summed E-state index contributed by atoms with van der Waals surface area (Å²) in [6.07, 6.45) is 0.121. The summed E-state index contributed by atoms with van der Waals surface area (Å²) < 4.78 is 79.0. The fourth-order valence-corrected chi connectivity index (χ4v) is 6.09. The first-order valence-corrected chi connectivity index (χ1v) is 12.6. The minimum Gasteiger partial charge on any atom is -0.298 e. The summed E-state index contributed by atoms with van der Waals surface area (Å²) in [7, 11) is -4.00. The molecule has 0 amide bonds. The minimum atomic E-state index is -4.65. The van der Waals surface area contributed by atoms with Gasteiger partial charge in [-0.2, -0.15) is 17.5 Å². The van der Waals surface area contributed by atoms with Crippen LogP contribution < -0.4 is 0 Å². The molecule has 4 rings (SSSR count). The highest BCUT2D eigenvalue weighted by atomic mass is 32.2. The highest BCUT2D eigenvalue weighted by Crippen LogP contribution is 2.32. The van der Waals surface area contributed by atoms with Gasteiger partial charge in [-0.25, -0.2) is 22.8 Å². The van der Waals surface area contributed by atoms with Gasteiger partial charge in [0.25, 0.3) is 0 Å². The van der Waals surface area contributed by atoms with E-state index in [2.05, 4.69) is 15.0 Å². The molecule has 2 aromatic heterocycles. The Balaban J connectivity index is 1.47. The first-order chi connectivity index (χ1) is 17.0. The van der Waals surface area contributed by atoms with Gasteiger partial charge in [0.2, 0.25) is 15.8 Å². The van der Waals surface area contributed by atoms with Crippen molar-refractivity contribution in [2.75, 3.05) is 0 Å². The maximum atomic E-state index is 13.3. The van der Waals surface area contributed by atoms with Crippen molar-refractivity contribution >= 4 is 15.8 Å². The average molecular weight is 523 g/mol. The molecule has 1 fully saturated rings. The van der Waals surface area contributed by atoms with E-state index in [9.17, 15) is 30.8 Å². The molecule has 0 aliphatic carbocycles. The van der Waals surface area contributed by atoms with Crippen molar-refractivity contribution in [2.24, 2.45) is 0 Å². The van der Waals surface area contributed by atoms with Crippen LogP contribution in [0.4, 0.5) is 17.6 Å². The summed E-state index contributed by atoms with van der Waals surface area (Å²) in [6, 6.07) is 6.57. The number of hydrogen-bond acceptors (Lipinski definition) is 6. The Labute approximate surface area is 205 Å². The number of ketones is 1. The fraction of sp³-hybridized carbons (Fsp3) is 0.333. The standard InChI is InChI=1S/C24H22F4N4O3S/c1-15-2-8-21(32(15)36(34,35)19-6-4-18(25)5-7-19)22(33)9-3-16-10-11-29-20(12-16)17-13-30-23(31-14-17)24(26,27)28/h4-7,10-15,21H,2-3,8-9H2,1H3/t15-,21-/m0/s1. The van der Waals surface area contributed by atoms with Crippen LogP contribution in [0.5, 0.6) is 0 Å². The maximum absolute atomic E-state index is 13.3. The summed E-state index contributed by atoms with van der Waals surface area (Å²) in [5, 5.41) is 0. The number of carbonyl (C=O) groups excluding carboxylic acids is 1. The topological polar surface area (TPSA) is 93.1 Å². The van der Waals surface area contributed by atoms with Crippen LogP contribution in [0.25, 0.3) is 11.3 Å². The number of carbonyl (C=O) groups is 1. The molecule has 1 saturated heterocycles. The molecule has 0 unspecified atom stereocenters. The Bertz CT molecular complexity index is 1350. The van der Waals surface area contributed by atoms with Crippen LogP contribution in [0, 0.1) is 5.82 Å². The van der Waals surface area contributed by atoms with Crippen molar-refractivity contribution in [3.63, 3.8) is 0 Å². The number of Topliss-reactive ketones (excluding diaryl/α,β-unsaturated/α-hetero) is 1. The van der Waals surface area contributed by atoms with Gasteiger partial charge in [-0.15, -0.1) is 0 Å². The molecular weight excluding hydrogens is 500 g/mol. The molecule has 7 nitrogen and oxygen atoms in total.